The molecule has 4 N–H and O–H groups in total. The van der Waals surface area contributed by atoms with E-state index in [1.165, 1.54) is 24.3 Å². The van der Waals surface area contributed by atoms with Crippen molar-refractivity contribution in [1.29, 1.82) is 0 Å². The zero-order chi connectivity index (χ0) is 18.3. The van der Waals surface area contributed by atoms with Crippen molar-refractivity contribution in [3.63, 3.8) is 0 Å². The van der Waals surface area contributed by atoms with Crippen molar-refractivity contribution in [2.75, 3.05) is 0 Å². The lowest BCUT2D eigenvalue weighted by Crippen LogP contribution is -2.00. The molecule has 0 saturated heterocycles. The van der Waals surface area contributed by atoms with Gasteiger partial charge in [0.1, 0.15) is 34.5 Å². The highest BCUT2D eigenvalue weighted by molar-refractivity contribution is 5.74. The maximum Gasteiger partial charge on any atom is 0.186 e. The second kappa shape index (κ2) is 5.90. The van der Waals surface area contributed by atoms with E-state index in [9.17, 15) is 25.2 Å². The van der Waals surface area contributed by atoms with Crippen LogP contribution in [-0.4, -0.2) is 20.4 Å². The Morgan fingerprint density at radius 1 is 0.680 bits per heavy atom. The predicted octanol–water partition coefficient (Wildman–Crippen LogP) is 3.41. The van der Waals surface area contributed by atoms with Gasteiger partial charge in [0.25, 0.3) is 0 Å². The molecule has 0 amide bonds. The van der Waals surface area contributed by atoms with Gasteiger partial charge in [-0.05, 0) is 37.1 Å². The second-order valence-electron chi connectivity index (χ2n) is 5.84. The normalized spacial score (nSPS) is 10.8. The lowest BCUT2D eigenvalue weighted by Gasteiger charge is -2.12. The fraction of sp³-hybridized carbons (Fsp3) is 0.105. The average Bonchev–Trinajstić information content (AvgIpc) is 2.44. The van der Waals surface area contributed by atoms with Gasteiger partial charge in [-0.3, -0.25) is 4.79 Å². The van der Waals surface area contributed by atoms with Gasteiger partial charge in [0.2, 0.25) is 0 Å². The largest absolute Gasteiger partial charge is 0.508 e. The van der Waals surface area contributed by atoms with Crippen LogP contribution in [0.15, 0.2) is 45.6 Å². The monoisotopic (exact) mass is 340 g/mol. The molecule has 3 aromatic rings. The fourth-order valence-electron chi connectivity index (χ4n) is 2.86. The Morgan fingerprint density at radius 2 is 1.08 bits per heavy atom. The Bertz CT molecular complexity index is 908. The molecule has 25 heavy (non-hydrogen) atoms. The maximum atomic E-state index is 12.1. The maximum absolute atomic E-state index is 12.1. The molecule has 0 fully saturated rings. The summed E-state index contributed by atoms with van der Waals surface area (Å²) >= 11 is 0. The predicted molar refractivity (Wildman–Crippen MR) is 92.0 cm³/mol. The highest BCUT2D eigenvalue weighted by Gasteiger charge is 2.17. The summed E-state index contributed by atoms with van der Waals surface area (Å²) in [6.07, 6.45) is 0. The number of benzene rings is 2. The van der Waals surface area contributed by atoms with E-state index in [1.54, 1.807) is 13.8 Å². The quantitative estimate of drug-likeness (QED) is 0.569. The first-order valence-corrected chi connectivity index (χ1v) is 7.47. The summed E-state index contributed by atoms with van der Waals surface area (Å²) in [5.41, 5.74) is 1.20. The highest BCUT2D eigenvalue weighted by atomic mass is 16.3. The highest BCUT2D eigenvalue weighted by Crippen LogP contribution is 2.39. The third-order valence-electron chi connectivity index (χ3n) is 3.86. The van der Waals surface area contributed by atoms with Gasteiger partial charge < -0.3 is 24.8 Å². The molecule has 1 aromatic heterocycles. The van der Waals surface area contributed by atoms with Crippen LogP contribution < -0.4 is 5.43 Å². The molecule has 0 aliphatic carbocycles. The molecule has 3 rings (SSSR count). The first-order chi connectivity index (χ1) is 11.8. The summed E-state index contributed by atoms with van der Waals surface area (Å²) in [5.74, 6) is -0.476. The van der Waals surface area contributed by atoms with Gasteiger partial charge in [0, 0.05) is 24.3 Å². The Labute approximate surface area is 142 Å². The van der Waals surface area contributed by atoms with E-state index in [1.807, 2.05) is 0 Å². The molecule has 1 heterocycles. The van der Waals surface area contributed by atoms with Gasteiger partial charge in [-0.1, -0.05) is 0 Å². The van der Waals surface area contributed by atoms with Gasteiger partial charge in [-0.25, -0.2) is 0 Å². The number of rotatable bonds is 2. The first-order valence-electron chi connectivity index (χ1n) is 7.47. The molecule has 2 aromatic carbocycles. The second-order valence-corrected chi connectivity index (χ2v) is 5.84. The zero-order valence-corrected chi connectivity index (χ0v) is 13.6. The number of hydrogen-bond donors (Lipinski definition) is 4. The molecule has 128 valence electrons. The van der Waals surface area contributed by atoms with Crippen molar-refractivity contribution >= 4 is 0 Å². The molecular formula is C19H16O6. The Hall–Kier alpha value is -3.41. The van der Waals surface area contributed by atoms with E-state index in [2.05, 4.69) is 0 Å². The van der Waals surface area contributed by atoms with Gasteiger partial charge in [0.05, 0.1) is 11.1 Å². The molecule has 0 bridgehead atoms. The van der Waals surface area contributed by atoms with Crippen LogP contribution in [0.4, 0.5) is 0 Å². The molecule has 0 radical (unpaired) electrons. The topological polar surface area (TPSA) is 111 Å². The van der Waals surface area contributed by atoms with E-state index >= 15 is 0 Å². The van der Waals surface area contributed by atoms with E-state index < -0.39 is 0 Å². The third kappa shape index (κ3) is 3.01. The van der Waals surface area contributed by atoms with Gasteiger partial charge in [-0.2, -0.15) is 0 Å². The number of hydrogen-bond acceptors (Lipinski definition) is 6. The van der Waals surface area contributed by atoms with Crippen molar-refractivity contribution in [2.45, 2.75) is 13.8 Å². The minimum atomic E-state index is -0.380. The fourth-order valence-corrected chi connectivity index (χ4v) is 2.86. The van der Waals surface area contributed by atoms with Crippen LogP contribution in [-0.2, 0) is 0 Å². The lowest BCUT2D eigenvalue weighted by atomic mass is 10.0. The van der Waals surface area contributed by atoms with Gasteiger partial charge in [0.15, 0.2) is 5.43 Å². The number of phenolic OH excluding ortho intramolecular Hbond substituents is 4. The van der Waals surface area contributed by atoms with Crippen LogP contribution in [0.1, 0.15) is 11.1 Å². The summed E-state index contributed by atoms with van der Waals surface area (Å²) in [4.78, 5) is 12.1. The molecule has 0 atom stereocenters. The Morgan fingerprint density at radius 3 is 1.44 bits per heavy atom. The summed E-state index contributed by atoms with van der Waals surface area (Å²) < 4.78 is 5.75. The standard InChI is InChI=1S/C19H16O6/c1-9-3-11(20)5-14(23)18(9)16-7-13(22)8-17(25-16)19-10(2)4-12(21)6-15(19)24/h3-8,20-21,23-24H,1-2H3. The van der Waals surface area contributed by atoms with Crippen LogP contribution in [0.3, 0.4) is 0 Å². The van der Waals surface area contributed by atoms with Crippen molar-refractivity contribution < 1.29 is 24.8 Å². The molecule has 0 aliphatic rings. The molecule has 0 unspecified atom stereocenters. The van der Waals surface area contributed by atoms with E-state index in [-0.39, 0.29) is 51.1 Å². The van der Waals surface area contributed by atoms with Gasteiger partial charge in [-0.15, -0.1) is 0 Å². The summed E-state index contributed by atoms with van der Waals surface area (Å²) in [6, 6.07) is 7.61. The molecular weight excluding hydrogens is 324 g/mol. The lowest BCUT2D eigenvalue weighted by molar-refractivity contribution is 0.448. The summed E-state index contributed by atoms with van der Waals surface area (Å²) in [7, 11) is 0. The van der Waals surface area contributed by atoms with E-state index in [0.717, 1.165) is 12.1 Å². The van der Waals surface area contributed by atoms with Crippen LogP contribution in [0.5, 0.6) is 23.0 Å². The Kier molecular flexibility index (Phi) is 3.88. The summed E-state index contributed by atoms with van der Waals surface area (Å²) in [6.45, 7) is 3.31. The number of aryl methyl sites for hydroxylation is 2. The zero-order valence-electron chi connectivity index (χ0n) is 13.6. The van der Waals surface area contributed by atoms with Crippen molar-refractivity contribution in [3.8, 4) is 45.6 Å². The number of aromatic hydroxyl groups is 4. The van der Waals surface area contributed by atoms with Crippen molar-refractivity contribution in [1.82, 2.24) is 0 Å². The molecule has 6 heteroatoms. The molecule has 0 spiro atoms. The summed E-state index contributed by atoms with van der Waals surface area (Å²) in [5, 5.41) is 39.3. The van der Waals surface area contributed by atoms with Gasteiger partial charge >= 0.3 is 0 Å². The van der Waals surface area contributed by atoms with Crippen LogP contribution in [0, 0.1) is 13.8 Å². The van der Waals surface area contributed by atoms with Crippen molar-refractivity contribution in [3.05, 3.63) is 57.7 Å². The van der Waals surface area contributed by atoms with Crippen LogP contribution in [0.2, 0.25) is 0 Å². The third-order valence-corrected chi connectivity index (χ3v) is 3.86. The van der Waals surface area contributed by atoms with E-state index in [0.29, 0.717) is 11.1 Å². The molecule has 0 saturated carbocycles. The minimum absolute atomic E-state index is 0.101. The first kappa shape index (κ1) is 16.4. The van der Waals surface area contributed by atoms with Crippen molar-refractivity contribution in [2.24, 2.45) is 0 Å². The average molecular weight is 340 g/mol. The molecule has 0 aliphatic heterocycles. The van der Waals surface area contributed by atoms with Crippen LogP contribution in [0.25, 0.3) is 22.6 Å². The SMILES string of the molecule is Cc1cc(O)cc(O)c1-c1cc(=O)cc(-c2c(C)cc(O)cc2O)o1. The Balaban J connectivity index is 2.27. The number of phenols is 4. The van der Waals surface area contributed by atoms with E-state index in [4.69, 9.17) is 4.42 Å². The smallest absolute Gasteiger partial charge is 0.186 e. The minimum Gasteiger partial charge on any atom is -0.508 e. The van der Waals surface area contributed by atoms with Crippen LogP contribution >= 0.6 is 0 Å². The molecule has 6 nitrogen and oxygen atoms in total.